The number of hydrogen-bond acceptors (Lipinski definition) is 2. The molecule has 1 aliphatic heterocycles. The van der Waals surface area contributed by atoms with Crippen LogP contribution in [-0.4, -0.2) is 25.8 Å². The summed E-state index contributed by atoms with van der Waals surface area (Å²) in [6, 6.07) is 0. The van der Waals surface area contributed by atoms with Crippen molar-refractivity contribution < 1.29 is 4.74 Å². The fourth-order valence-corrected chi connectivity index (χ4v) is 3.51. The lowest BCUT2D eigenvalue weighted by atomic mass is 9.80. The van der Waals surface area contributed by atoms with E-state index in [0.29, 0.717) is 11.5 Å². The standard InChI is InChI=1S/C15H29NO/c1-2-11-16-13-15(8-3-4-9-15)10-7-14-6-5-12-17-14/h14,16H,2-13H2,1H3. The number of ether oxygens (including phenoxy) is 1. The highest BCUT2D eigenvalue weighted by Gasteiger charge is 2.34. The average Bonchev–Trinajstić information content (AvgIpc) is 2.99. The third-order valence-corrected chi connectivity index (χ3v) is 4.61. The second kappa shape index (κ2) is 6.75. The normalized spacial score (nSPS) is 27.7. The van der Waals surface area contributed by atoms with Gasteiger partial charge < -0.3 is 10.1 Å². The smallest absolute Gasteiger partial charge is 0.0576 e. The second-order valence-corrected chi connectivity index (χ2v) is 6.06. The van der Waals surface area contributed by atoms with Gasteiger partial charge >= 0.3 is 0 Å². The Bertz CT molecular complexity index is 205. The minimum absolute atomic E-state index is 0.582. The Labute approximate surface area is 107 Å². The quantitative estimate of drug-likeness (QED) is 0.687. The van der Waals surface area contributed by atoms with Crippen molar-refractivity contribution in [2.24, 2.45) is 5.41 Å². The highest BCUT2D eigenvalue weighted by atomic mass is 16.5. The van der Waals surface area contributed by atoms with E-state index in [1.807, 2.05) is 0 Å². The van der Waals surface area contributed by atoms with Gasteiger partial charge in [0.15, 0.2) is 0 Å². The predicted molar refractivity (Wildman–Crippen MR) is 72.3 cm³/mol. The average molecular weight is 239 g/mol. The van der Waals surface area contributed by atoms with Crippen molar-refractivity contribution in [3.63, 3.8) is 0 Å². The molecule has 0 aromatic heterocycles. The summed E-state index contributed by atoms with van der Waals surface area (Å²) in [4.78, 5) is 0. The molecule has 2 fully saturated rings. The molecule has 0 bridgehead atoms. The van der Waals surface area contributed by atoms with Crippen LogP contribution in [0.5, 0.6) is 0 Å². The number of nitrogens with one attached hydrogen (secondary N) is 1. The molecule has 1 saturated heterocycles. The van der Waals surface area contributed by atoms with Crippen molar-refractivity contribution in [1.29, 1.82) is 0 Å². The SMILES string of the molecule is CCCNCC1(CCC2CCCO2)CCCC1. The topological polar surface area (TPSA) is 21.3 Å². The maximum Gasteiger partial charge on any atom is 0.0576 e. The molecule has 2 rings (SSSR count). The van der Waals surface area contributed by atoms with Crippen LogP contribution in [0.1, 0.15) is 64.7 Å². The summed E-state index contributed by atoms with van der Waals surface area (Å²) in [5, 5.41) is 3.65. The molecule has 0 aromatic rings. The van der Waals surface area contributed by atoms with E-state index in [0.717, 1.165) is 6.61 Å². The van der Waals surface area contributed by atoms with Gasteiger partial charge in [0.1, 0.15) is 0 Å². The van der Waals surface area contributed by atoms with E-state index in [1.165, 1.54) is 70.9 Å². The Balaban J connectivity index is 1.74. The van der Waals surface area contributed by atoms with Crippen molar-refractivity contribution in [3.05, 3.63) is 0 Å². The maximum absolute atomic E-state index is 5.76. The molecule has 1 unspecified atom stereocenters. The van der Waals surface area contributed by atoms with Gasteiger partial charge in [0, 0.05) is 13.2 Å². The highest BCUT2D eigenvalue weighted by Crippen LogP contribution is 2.42. The molecule has 1 atom stereocenters. The third kappa shape index (κ3) is 3.96. The summed E-state index contributed by atoms with van der Waals surface area (Å²) >= 11 is 0. The van der Waals surface area contributed by atoms with Crippen molar-refractivity contribution in [1.82, 2.24) is 5.32 Å². The van der Waals surface area contributed by atoms with Crippen LogP contribution in [-0.2, 0) is 4.74 Å². The zero-order valence-electron chi connectivity index (χ0n) is 11.5. The predicted octanol–water partition coefficient (Wildman–Crippen LogP) is 3.51. The van der Waals surface area contributed by atoms with Crippen LogP contribution in [0.2, 0.25) is 0 Å². The number of rotatable bonds is 7. The first-order valence-electron chi connectivity index (χ1n) is 7.67. The Kier molecular flexibility index (Phi) is 5.30. The van der Waals surface area contributed by atoms with Crippen LogP contribution in [0.15, 0.2) is 0 Å². The van der Waals surface area contributed by atoms with Gasteiger partial charge in [-0.25, -0.2) is 0 Å². The second-order valence-electron chi connectivity index (χ2n) is 6.06. The van der Waals surface area contributed by atoms with Crippen LogP contribution in [0.3, 0.4) is 0 Å². The molecule has 1 heterocycles. The van der Waals surface area contributed by atoms with Gasteiger partial charge in [-0.3, -0.25) is 0 Å². The molecule has 2 heteroatoms. The van der Waals surface area contributed by atoms with Gasteiger partial charge in [-0.05, 0) is 56.9 Å². The van der Waals surface area contributed by atoms with Gasteiger partial charge in [0.05, 0.1) is 6.10 Å². The van der Waals surface area contributed by atoms with E-state index in [2.05, 4.69) is 12.2 Å². The molecule has 0 aromatic carbocycles. The van der Waals surface area contributed by atoms with Crippen molar-refractivity contribution >= 4 is 0 Å². The van der Waals surface area contributed by atoms with E-state index in [-0.39, 0.29) is 0 Å². The lowest BCUT2D eigenvalue weighted by Gasteiger charge is -2.30. The summed E-state index contributed by atoms with van der Waals surface area (Å²) in [5.41, 5.74) is 0.612. The molecule has 0 radical (unpaired) electrons. The first kappa shape index (κ1) is 13.4. The molecule has 1 N–H and O–H groups in total. The Morgan fingerprint density at radius 3 is 2.71 bits per heavy atom. The summed E-state index contributed by atoms with van der Waals surface area (Å²) in [6.07, 6.45) is 12.9. The van der Waals surface area contributed by atoms with E-state index < -0.39 is 0 Å². The fourth-order valence-electron chi connectivity index (χ4n) is 3.51. The molecule has 1 saturated carbocycles. The number of hydrogen-bond donors (Lipinski definition) is 1. The minimum atomic E-state index is 0.582. The fraction of sp³-hybridized carbons (Fsp3) is 1.00. The lowest BCUT2D eigenvalue weighted by molar-refractivity contribution is 0.0873. The van der Waals surface area contributed by atoms with E-state index in [1.54, 1.807) is 0 Å². The van der Waals surface area contributed by atoms with Crippen molar-refractivity contribution in [2.45, 2.75) is 70.8 Å². The van der Waals surface area contributed by atoms with Crippen LogP contribution >= 0.6 is 0 Å². The summed E-state index contributed by atoms with van der Waals surface area (Å²) < 4.78 is 5.76. The van der Waals surface area contributed by atoms with E-state index in [9.17, 15) is 0 Å². The molecular formula is C15H29NO. The molecule has 2 aliphatic rings. The van der Waals surface area contributed by atoms with E-state index >= 15 is 0 Å². The molecule has 0 amide bonds. The molecule has 100 valence electrons. The Morgan fingerprint density at radius 2 is 2.06 bits per heavy atom. The Morgan fingerprint density at radius 1 is 1.24 bits per heavy atom. The Hall–Kier alpha value is -0.0800. The minimum Gasteiger partial charge on any atom is -0.378 e. The van der Waals surface area contributed by atoms with Crippen LogP contribution in [0.25, 0.3) is 0 Å². The molecule has 0 spiro atoms. The van der Waals surface area contributed by atoms with E-state index in [4.69, 9.17) is 4.74 Å². The summed E-state index contributed by atoms with van der Waals surface area (Å²) in [5.74, 6) is 0. The van der Waals surface area contributed by atoms with Crippen molar-refractivity contribution in [2.75, 3.05) is 19.7 Å². The zero-order valence-corrected chi connectivity index (χ0v) is 11.5. The van der Waals surface area contributed by atoms with Gasteiger partial charge in [-0.2, -0.15) is 0 Å². The first-order valence-corrected chi connectivity index (χ1v) is 7.67. The molecular weight excluding hydrogens is 210 g/mol. The van der Waals surface area contributed by atoms with Gasteiger partial charge in [0.2, 0.25) is 0 Å². The van der Waals surface area contributed by atoms with Gasteiger partial charge in [-0.1, -0.05) is 19.8 Å². The summed E-state index contributed by atoms with van der Waals surface area (Å²) in [7, 11) is 0. The lowest BCUT2D eigenvalue weighted by Crippen LogP contribution is -2.33. The molecule has 1 aliphatic carbocycles. The largest absolute Gasteiger partial charge is 0.378 e. The zero-order chi connectivity index (χ0) is 12.0. The highest BCUT2D eigenvalue weighted by molar-refractivity contribution is 4.87. The van der Waals surface area contributed by atoms with Gasteiger partial charge in [-0.15, -0.1) is 0 Å². The monoisotopic (exact) mass is 239 g/mol. The summed E-state index contributed by atoms with van der Waals surface area (Å²) in [6.45, 7) is 5.68. The van der Waals surface area contributed by atoms with Crippen LogP contribution < -0.4 is 5.32 Å². The van der Waals surface area contributed by atoms with Gasteiger partial charge in [0.25, 0.3) is 0 Å². The molecule has 2 nitrogen and oxygen atoms in total. The molecule has 17 heavy (non-hydrogen) atoms. The van der Waals surface area contributed by atoms with Crippen molar-refractivity contribution in [3.8, 4) is 0 Å². The van der Waals surface area contributed by atoms with Crippen LogP contribution in [0, 0.1) is 5.41 Å². The third-order valence-electron chi connectivity index (χ3n) is 4.61. The first-order chi connectivity index (χ1) is 8.35. The maximum atomic E-state index is 5.76. The van der Waals surface area contributed by atoms with Crippen LogP contribution in [0.4, 0.5) is 0 Å².